The number of aromatic hydroxyl groups is 1. The average molecular weight is 376 g/mol. The van der Waals surface area contributed by atoms with E-state index in [1.807, 2.05) is 22.6 Å². The predicted molar refractivity (Wildman–Crippen MR) is 81.3 cm³/mol. The van der Waals surface area contributed by atoms with Gasteiger partial charge in [0.2, 0.25) is 0 Å². The van der Waals surface area contributed by atoms with Crippen LogP contribution in [0.3, 0.4) is 0 Å². The molecule has 0 saturated heterocycles. The topological polar surface area (TPSA) is 55.8 Å². The van der Waals surface area contributed by atoms with Crippen molar-refractivity contribution in [2.75, 3.05) is 7.11 Å². The Hall–Kier alpha value is -1.24. The van der Waals surface area contributed by atoms with Gasteiger partial charge in [0.25, 0.3) is 0 Å². The van der Waals surface area contributed by atoms with Gasteiger partial charge in [0.15, 0.2) is 11.5 Å². The van der Waals surface area contributed by atoms with Crippen LogP contribution < -0.4 is 4.74 Å². The lowest BCUT2D eigenvalue weighted by Gasteiger charge is -2.26. The van der Waals surface area contributed by atoms with E-state index < -0.39 is 11.6 Å². The van der Waals surface area contributed by atoms with Crippen molar-refractivity contribution < 1.29 is 19.4 Å². The number of carbonyl (C=O) groups excluding carboxylic acids is 1. The van der Waals surface area contributed by atoms with Crippen molar-refractivity contribution in [2.24, 2.45) is 0 Å². The maximum atomic E-state index is 11.6. The van der Waals surface area contributed by atoms with E-state index >= 15 is 0 Å². The summed E-state index contributed by atoms with van der Waals surface area (Å²) in [7, 11) is 1.47. The van der Waals surface area contributed by atoms with Gasteiger partial charge in [-0.1, -0.05) is 6.58 Å². The van der Waals surface area contributed by atoms with Crippen molar-refractivity contribution >= 4 is 28.6 Å². The smallest absolute Gasteiger partial charge is 0.333 e. The SMILES string of the molecule is C=C(C)C(=O)OC(C)(C)c1cc(I)c(O)c(OC)c1. The fourth-order valence-corrected chi connectivity index (χ4v) is 2.06. The summed E-state index contributed by atoms with van der Waals surface area (Å²) < 4.78 is 11.1. The number of hydrogen-bond donors (Lipinski definition) is 1. The van der Waals surface area contributed by atoms with Crippen molar-refractivity contribution in [1.82, 2.24) is 0 Å². The molecule has 0 saturated carbocycles. The normalized spacial score (nSPS) is 11.0. The number of phenolic OH excluding ortho intramolecular Hbond substituents is 1. The summed E-state index contributed by atoms with van der Waals surface area (Å²) in [4.78, 5) is 11.6. The molecule has 0 fully saturated rings. The van der Waals surface area contributed by atoms with Crippen molar-refractivity contribution in [3.8, 4) is 11.5 Å². The van der Waals surface area contributed by atoms with Crippen molar-refractivity contribution in [3.05, 3.63) is 33.4 Å². The highest BCUT2D eigenvalue weighted by Gasteiger charge is 2.27. The van der Waals surface area contributed by atoms with Crippen LogP contribution in [0.1, 0.15) is 26.3 Å². The van der Waals surface area contributed by atoms with Gasteiger partial charge in [-0.05, 0) is 61.1 Å². The molecule has 5 heteroatoms. The van der Waals surface area contributed by atoms with Gasteiger partial charge in [-0.2, -0.15) is 0 Å². The monoisotopic (exact) mass is 376 g/mol. The van der Waals surface area contributed by atoms with Crippen molar-refractivity contribution in [1.29, 1.82) is 0 Å². The summed E-state index contributed by atoms with van der Waals surface area (Å²) in [6, 6.07) is 3.41. The minimum atomic E-state index is -0.836. The summed E-state index contributed by atoms with van der Waals surface area (Å²) in [5, 5.41) is 9.80. The second-order valence-electron chi connectivity index (χ2n) is 4.69. The maximum absolute atomic E-state index is 11.6. The molecule has 1 aromatic rings. The van der Waals surface area contributed by atoms with Gasteiger partial charge in [0.05, 0.1) is 10.7 Å². The first-order valence-corrected chi connectivity index (χ1v) is 6.72. The third kappa shape index (κ3) is 3.62. The molecule has 0 heterocycles. The Bertz CT molecular complexity index is 520. The molecule has 4 nitrogen and oxygen atoms in total. The highest BCUT2D eigenvalue weighted by molar-refractivity contribution is 14.1. The Labute approximate surface area is 126 Å². The zero-order valence-corrected chi connectivity index (χ0v) is 13.6. The van der Waals surface area contributed by atoms with E-state index in [1.54, 1.807) is 32.9 Å². The molecule has 0 amide bonds. The molecule has 0 aromatic heterocycles. The summed E-state index contributed by atoms with van der Waals surface area (Å²) >= 11 is 2.00. The van der Waals surface area contributed by atoms with Crippen LogP contribution in [-0.4, -0.2) is 18.2 Å². The van der Waals surface area contributed by atoms with Crippen LogP contribution in [-0.2, 0) is 15.1 Å². The third-order valence-corrected chi connectivity index (χ3v) is 3.46. The highest BCUT2D eigenvalue weighted by atomic mass is 127. The molecule has 19 heavy (non-hydrogen) atoms. The van der Waals surface area contributed by atoms with Crippen LogP contribution in [0.4, 0.5) is 0 Å². The number of methoxy groups -OCH3 is 1. The number of hydrogen-bond acceptors (Lipinski definition) is 4. The first-order chi connectivity index (χ1) is 8.69. The van der Waals surface area contributed by atoms with Crippen molar-refractivity contribution in [2.45, 2.75) is 26.4 Å². The zero-order valence-electron chi connectivity index (χ0n) is 11.4. The number of halogens is 1. The Balaban J connectivity index is 3.17. The van der Waals surface area contributed by atoms with E-state index in [0.29, 0.717) is 14.9 Å². The maximum Gasteiger partial charge on any atom is 0.333 e. The van der Waals surface area contributed by atoms with Crippen LogP contribution in [0, 0.1) is 3.57 Å². The van der Waals surface area contributed by atoms with Gasteiger partial charge in [-0.25, -0.2) is 4.79 Å². The molecular weight excluding hydrogens is 359 g/mol. The number of carbonyl (C=O) groups is 1. The largest absolute Gasteiger partial charge is 0.504 e. The van der Waals surface area contributed by atoms with Crippen LogP contribution in [0.2, 0.25) is 0 Å². The van der Waals surface area contributed by atoms with Crippen LogP contribution in [0.15, 0.2) is 24.3 Å². The van der Waals surface area contributed by atoms with Crippen molar-refractivity contribution in [3.63, 3.8) is 0 Å². The molecule has 104 valence electrons. The van der Waals surface area contributed by atoms with Crippen LogP contribution in [0.5, 0.6) is 11.5 Å². The molecule has 0 radical (unpaired) electrons. The molecule has 0 aliphatic carbocycles. The molecule has 0 unspecified atom stereocenters. The van der Waals surface area contributed by atoms with Gasteiger partial charge in [-0.3, -0.25) is 0 Å². The van der Waals surface area contributed by atoms with Gasteiger partial charge in [-0.15, -0.1) is 0 Å². The Kier molecular flexibility index (Phi) is 4.84. The quantitative estimate of drug-likeness (QED) is 0.498. The molecule has 1 aromatic carbocycles. The lowest BCUT2D eigenvalue weighted by Crippen LogP contribution is -2.26. The predicted octanol–water partition coefficient (Wildman–Crippen LogP) is 3.36. The first kappa shape index (κ1) is 15.8. The Morgan fingerprint density at radius 2 is 2.00 bits per heavy atom. The third-order valence-electron chi connectivity index (χ3n) is 2.64. The second-order valence-corrected chi connectivity index (χ2v) is 5.85. The lowest BCUT2D eigenvalue weighted by molar-refractivity contribution is -0.152. The fraction of sp³-hybridized carbons (Fsp3) is 0.357. The van der Waals surface area contributed by atoms with Gasteiger partial charge < -0.3 is 14.6 Å². The zero-order chi connectivity index (χ0) is 14.8. The van der Waals surface area contributed by atoms with E-state index in [9.17, 15) is 9.90 Å². The van der Waals surface area contributed by atoms with Gasteiger partial charge >= 0.3 is 5.97 Å². The number of phenols is 1. The van der Waals surface area contributed by atoms with E-state index in [4.69, 9.17) is 9.47 Å². The summed E-state index contributed by atoms with van der Waals surface area (Å²) in [5.41, 5.74) is 0.242. The number of rotatable bonds is 4. The number of benzene rings is 1. The standard InChI is InChI=1S/C14H17IO4/c1-8(2)13(17)19-14(3,4)9-6-10(15)12(16)11(7-9)18-5/h6-7,16H,1H2,2-5H3. The molecule has 1 rings (SSSR count). The minimum absolute atomic E-state index is 0.0777. The first-order valence-electron chi connectivity index (χ1n) is 5.65. The van der Waals surface area contributed by atoms with Gasteiger partial charge in [0.1, 0.15) is 5.60 Å². The van der Waals surface area contributed by atoms with E-state index in [2.05, 4.69) is 6.58 Å². The molecule has 0 aliphatic rings. The minimum Gasteiger partial charge on any atom is -0.504 e. The van der Waals surface area contributed by atoms with Crippen LogP contribution in [0.25, 0.3) is 0 Å². The Morgan fingerprint density at radius 1 is 1.42 bits per heavy atom. The molecule has 1 N–H and O–H groups in total. The van der Waals surface area contributed by atoms with Gasteiger partial charge in [0, 0.05) is 5.57 Å². The molecule has 0 aliphatic heterocycles. The van der Waals surface area contributed by atoms with E-state index in [1.165, 1.54) is 7.11 Å². The summed E-state index contributed by atoms with van der Waals surface area (Å²) in [6.45, 7) is 8.70. The summed E-state index contributed by atoms with van der Waals surface area (Å²) in [6.07, 6.45) is 0. The summed E-state index contributed by atoms with van der Waals surface area (Å²) in [5.74, 6) is -0.0257. The lowest BCUT2D eigenvalue weighted by atomic mass is 9.97. The van der Waals surface area contributed by atoms with E-state index in [-0.39, 0.29) is 5.75 Å². The molecule has 0 atom stereocenters. The molecular formula is C14H17IO4. The molecule has 0 spiro atoms. The average Bonchev–Trinajstić information content (AvgIpc) is 2.31. The Morgan fingerprint density at radius 3 is 2.47 bits per heavy atom. The number of esters is 1. The molecule has 0 bridgehead atoms. The van der Waals surface area contributed by atoms with E-state index in [0.717, 1.165) is 5.56 Å². The second kappa shape index (κ2) is 5.81. The fourth-order valence-electron chi connectivity index (χ4n) is 1.45. The van der Waals surface area contributed by atoms with Crippen LogP contribution >= 0.6 is 22.6 Å². The highest BCUT2D eigenvalue weighted by Crippen LogP contribution is 2.37. The number of ether oxygens (including phenoxy) is 2.